The van der Waals surface area contributed by atoms with E-state index in [0.29, 0.717) is 12.5 Å². The minimum absolute atomic E-state index is 0.131. The molecule has 6 nitrogen and oxygen atoms in total. The van der Waals surface area contributed by atoms with Crippen LogP contribution >= 0.6 is 0 Å². The van der Waals surface area contributed by atoms with Crippen LogP contribution < -0.4 is 0 Å². The van der Waals surface area contributed by atoms with Crippen molar-refractivity contribution in [3.05, 3.63) is 11.6 Å². The van der Waals surface area contributed by atoms with E-state index in [4.69, 9.17) is 15.1 Å². The number of ether oxygens (including phenoxy) is 1. The van der Waals surface area contributed by atoms with Crippen LogP contribution in [0.3, 0.4) is 0 Å². The zero-order chi connectivity index (χ0) is 12.4. The van der Waals surface area contributed by atoms with Crippen molar-refractivity contribution in [2.45, 2.75) is 25.7 Å². The first-order valence-corrected chi connectivity index (χ1v) is 5.59. The Hall–Kier alpha value is -1.85. The summed E-state index contributed by atoms with van der Waals surface area (Å²) >= 11 is 0. The molecule has 1 aromatic rings. The summed E-state index contributed by atoms with van der Waals surface area (Å²) in [5, 5.41) is 27.5. The van der Waals surface area contributed by atoms with Crippen molar-refractivity contribution in [3.63, 3.8) is 0 Å². The average molecular weight is 241 g/mol. The standard InChI is InChI=1S/C11H15NO5/c13-9-5-8(10(14)12(9)16)11(15)17-6-7-3-1-2-4-7/h5,7,13-14,16H,1-4,6H2. The van der Waals surface area contributed by atoms with E-state index in [1.54, 1.807) is 0 Å². The molecule has 1 aliphatic carbocycles. The molecule has 1 aliphatic rings. The Morgan fingerprint density at radius 1 is 1.41 bits per heavy atom. The molecule has 0 spiro atoms. The molecular formula is C11H15NO5. The third kappa shape index (κ3) is 2.30. The summed E-state index contributed by atoms with van der Waals surface area (Å²) in [4.78, 5) is 11.6. The van der Waals surface area contributed by atoms with Crippen molar-refractivity contribution in [1.82, 2.24) is 4.73 Å². The van der Waals surface area contributed by atoms with Crippen molar-refractivity contribution in [3.8, 4) is 11.8 Å². The predicted octanol–water partition coefficient (Wildman–Crippen LogP) is 1.48. The number of nitrogens with zero attached hydrogens (tertiary/aromatic N) is 1. The molecule has 6 heteroatoms. The van der Waals surface area contributed by atoms with Gasteiger partial charge in [0, 0.05) is 6.07 Å². The van der Waals surface area contributed by atoms with Crippen molar-refractivity contribution in [2.75, 3.05) is 6.61 Å². The third-order valence-corrected chi connectivity index (χ3v) is 3.08. The molecule has 1 saturated carbocycles. The highest BCUT2D eigenvalue weighted by Gasteiger charge is 2.23. The lowest BCUT2D eigenvalue weighted by Crippen LogP contribution is -2.11. The number of aromatic hydroxyl groups is 2. The highest BCUT2D eigenvalue weighted by Crippen LogP contribution is 2.28. The van der Waals surface area contributed by atoms with Gasteiger partial charge in [0.1, 0.15) is 5.56 Å². The van der Waals surface area contributed by atoms with Gasteiger partial charge in [-0.25, -0.2) is 4.79 Å². The maximum atomic E-state index is 11.6. The number of esters is 1. The maximum absolute atomic E-state index is 11.6. The summed E-state index contributed by atoms with van der Waals surface area (Å²) in [5.74, 6) is -1.67. The van der Waals surface area contributed by atoms with Gasteiger partial charge < -0.3 is 20.2 Å². The largest absolute Gasteiger partial charge is 0.492 e. The van der Waals surface area contributed by atoms with Crippen molar-refractivity contribution in [2.24, 2.45) is 5.92 Å². The number of carbonyl (C=O) groups excluding carboxylic acids is 1. The summed E-state index contributed by atoms with van der Waals surface area (Å²) in [7, 11) is 0. The fourth-order valence-corrected chi connectivity index (χ4v) is 2.08. The quantitative estimate of drug-likeness (QED) is 0.550. The normalized spacial score (nSPS) is 16.2. The van der Waals surface area contributed by atoms with Gasteiger partial charge in [-0.05, 0) is 18.8 Å². The lowest BCUT2D eigenvalue weighted by molar-refractivity contribution is 0.0434. The van der Waals surface area contributed by atoms with Crippen LogP contribution in [0.2, 0.25) is 0 Å². The SMILES string of the molecule is O=C(OCC1CCCC1)c1cc(O)n(O)c1O. The Kier molecular flexibility index (Phi) is 3.12. The van der Waals surface area contributed by atoms with Gasteiger partial charge in [0.2, 0.25) is 11.8 Å². The molecule has 2 rings (SSSR count). The zero-order valence-electron chi connectivity index (χ0n) is 9.30. The first-order chi connectivity index (χ1) is 8.09. The molecule has 0 amide bonds. The Bertz CT molecular complexity index is 420. The van der Waals surface area contributed by atoms with Gasteiger partial charge in [-0.1, -0.05) is 12.8 Å². The second-order valence-corrected chi connectivity index (χ2v) is 4.30. The molecule has 0 saturated heterocycles. The van der Waals surface area contributed by atoms with Crippen LogP contribution in [0, 0.1) is 5.92 Å². The molecule has 1 heterocycles. The minimum Gasteiger partial charge on any atom is -0.492 e. The van der Waals surface area contributed by atoms with E-state index in [0.717, 1.165) is 31.7 Å². The van der Waals surface area contributed by atoms with Crippen LogP contribution in [0.4, 0.5) is 0 Å². The molecule has 0 aromatic carbocycles. The first kappa shape index (κ1) is 11.6. The fraction of sp³-hybridized carbons (Fsp3) is 0.545. The number of rotatable bonds is 3. The number of hydrogen-bond acceptors (Lipinski definition) is 5. The van der Waals surface area contributed by atoms with E-state index in [1.165, 1.54) is 0 Å². The smallest absolute Gasteiger partial charge is 0.343 e. The van der Waals surface area contributed by atoms with Crippen molar-refractivity contribution < 1.29 is 25.0 Å². The van der Waals surface area contributed by atoms with E-state index < -0.39 is 17.7 Å². The van der Waals surface area contributed by atoms with Crippen LogP contribution in [-0.2, 0) is 4.74 Å². The topological polar surface area (TPSA) is 91.9 Å². The Balaban J connectivity index is 1.96. The zero-order valence-corrected chi connectivity index (χ0v) is 9.30. The molecule has 0 atom stereocenters. The molecular weight excluding hydrogens is 226 g/mol. The van der Waals surface area contributed by atoms with Crippen molar-refractivity contribution in [1.29, 1.82) is 0 Å². The van der Waals surface area contributed by atoms with Crippen LogP contribution in [0.15, 0.2) is 6.07 Å². The van der Waals surface area contributed by atoms with E-state index in [2.05, 4.69) is 0 Å². The van der Waals surface area contributed by atoms with E-state index >= 15 is 0 Å². The summed E-state index contributed by atoms with van der Waals surface area (Å²) in [5.41, 5.74) is -0.233. The summed E-state index contributed by atoms with van der Waals surface area (Å²) in [6.07, 6.45) is 4.40. The second kappa shape index (κ2) is 4.57. The molecule has 0 aliphatic heterocycles. The van der Waals surface area contributed by atoms with Gasteiger partial charge in [0.25, 0.3) is 0 Å². The van der Waals surface area contributed by atoms with Gasteiger partial charge in [0.15, 0.2) is 0 Å². The van der Waals surface area contributed by atoms with Crippen LogP contribution in [0.25, 0.3) is 0 Å². The Labute approximate surface area is 98.0 Å². The first-order valence-electron chi connectivity index (χ1n) is 5.59. The van der Waals surface area contributed by atoms with Gasteiger partial charge in [0.05, 0.1) is 6.61 Å². The molecule has 1 aromatic heterocycles. The summed E-state index contributed by atoms with van der Waals surface area (Å²) in [6.45, 7) is 0.315. The van der Waals surface area contributed by atoms with Crippen LogP contribution in [0.1, 0.15) is 36.0 Å². The third-order valence-electron chi connectivity index (χ3n) is 3.08. The molecule has 1 fully saturated rings. The Morgan fingerprint density at radius 2 is 2.06 bits per heavy atom. The summed E-state index contributed by atoms with van der Waals surface area (Å²) < 4.78 is 5.16. The predicted molar refractivity (Wildman–Crippen MR) is 57.2 cm³/mol. The monoisotopic (exact) mass is 241 g/mol. The molecule has 0 radical (unpaired) electrons. The maximum Gasteiger partial charge on any atom is 0.343 e. The van der Waals surface area contributed by atoms with Crippen LogP contribution in [0.5, 0.6) is 11.8 Å². The van der Waals surface area contributed by atoms with Gasteiger partial charge in [-0.2, -0.15) is 0 Å². The van der Waals surface area contributed by atoms with Gasteiger partial charge in [-0.15, -0.1) is 4.73 Å². The number of carbonyl (C=O) groups is 1. The highest BCUT2D eigenvalue weighted by atomic mass is 16.5. The van der Waals surface area contributed by atoms with E-state index in [1.807, 2.05) is 0 Å². The van der Waals surface area contributed by atoms with Gasteiger partial charge in [-0.3, -0.25) is 0 Å². The Morgan fingerprint density at radius 3 is 2.59 bits per heavy atom. The van der Waals surface area contributed by atoms with E-state index in [9.17, 15) is 9.90 Å². The minimum atomic E-state index is -0.738. The van der Waals surface area contributed by atoms with Crippen molar-refractivity contribution >= 4 is 5.97 Å². The van der Waals surface area contributed by atoms with E-state index in [-0.39, 0.29) is 10.3 Å². The lowest BCUT2D eigenvalue weighted by atomic mass is 10.1. The molecule has 17 heavy (non-hydrogen) atoms. The molecule has 0 unspecified atom stereocenters. The molecule has 3 N–H and O–H groups in total. The average Bonchev–Trinajstić information content (AvgIpc) is 2.91. The fourth-order valence-electron chi connectivity index (χ4n) is 2.08. The molecule has 0 bridgehead atoms. The second-order valence-electron chi connectivity index (χ2n) is 4.30. The number of hydrogen-bond donors (Lipinski definition) is 3. The lowest BCUT2D eigenvalue weighted by Gasteiger charge is -2.09. The highest BCUT2D eigenvalue weighted by molar-refractivity contribution is 5.92. The van der Waals surface area contributed by atoms with Crippen LogP contribution in [-0.4, -0.2) is 32.7 Å². The number of aromatic nitrogens is 1. The van der Waals surface area contributed by atoms with Gasteiger partial charge >= 0.3 is 5.97 Å². The summed E-state index contributed by atoms with van der Waals surface area (Å²) in [6, 6.07) is 0.965. The molecule has 94 valence electrons.